The lowest BCUT2D eigenvalue weighted by Gasteiger charge is -2.22. The van der Waals surface area contributed by atoms with E-state index in [0.29, 0.717) is 16.3 Å². The van der Waals surface area contributed by atoms with Gasteiger partial charge in [-0.15, -0.1) is 0 Å². The summed E-state index contributed by atoms with van der Waals surface area (Å²) in [6, 6.07) is 14.5. The van der Waals surface area contributed by atoms with Crippen LogP contribution in [0.2, 0.25) is 5.02 Å². The SMILES string of the molecule is CCCCCc1ccc(C(=O)N(C)CC(=O)N2CC(=O)N(c3ccc(Cl)cc3)C2)cc1. The molecular weight excluding hydrogens is 414 g/mol. The topological polar surface area (TPSA) is 60.9 Å². The number of benzene rings is 2. The number of aryl methyl sites for hydroxylation is 1. The fourth-order valence-electron chi connectivity index (χ4n) is 3.55. The maximum atomic E-state index is 12.7. The lowest BCUT2D eigenvalue weighted by molar-refractivity contribution is -0.132. The molecule has 0 aliphatic carbocycles. The van der Waals surface area contributed by atoms with Crippen molar-refractivity contribution in [3.05, 3.63) is 64.7 Å². The third-order valence-electron chi connectivity index (χ3n) is 5.42. The predicted octanol–water partition coefficient (Wildman–Crippen LogP) is 3.98. The van der Waals surface area contributed by atoms with E-state index in [2.05, 4.69) is 6.92 Å². The Kier molecular flexibility index (Phi) is 7.69. The van der Waals surface area contributed by atoms with Crippen LogP contribution >= 0.6 is 11.6 Å². The molecule has 1 saturated heterocycles. The van der Waals surface area contributed by atoms with Gasteiger partial charge in [-0.25, -0.2) is 0 Å². The normalized spacial score (nSPS) is 13.6. The van der Waals surface area contributed by atoms with Gasteiger partial charge in [0.25, 0.3) is 5.91 Å². The van der Waals surface area contributed by atoms with Crippen molar-refractivity contribution < 1.29 is 14.4 Å². The summed E-state index contributed by atoms with van der Waals surface area (Å²) in [5.41, 5.74) is 2.45. The number of unbranched alkanes of at least 4 members (excludes halogenated alkanes) is 2. The zero-order valence-corrected chi connectivity index (χ0v) is 18.8. The number of halogens is 1. The van der Waals surface area contributed by atoms with E-state index in [-0.39, 0.29) is 37.5 Å². The van der Waals surface area contributed by atoms with Crippen molar-refractivity contribution in [3.8, 4) is 0 Å². The minimum Gasteiger partial charge on any atom is -0.332 e. The minimum atomic E-state index is -0.267. The van der Waals surface area contributed by atoms with E-state index in [9.17, 15) is 14.4 Å². The highest BCUT2D eigenvalue weighted by Gasteiger charge is 2.32. The molecule has 31 heavy (non-hydrogen) atoms. The van der Waals surface area contributed by atoms with Gasteiger partial charge in [0.1, 0.15) is 13.2 Å². The van der Waals surface area contributed by atoms with Crippen LogP contribution in [0.1, 0.15) is 42.1 Å². The molecule has 7 heteroatoms. The Morgan fingerprint density at radius 3 is 2.35 bits per heavy atom. The summed E-state index contributed by atoms with van der Waals surface area (Å²) in [7, 11) is 1.60. The van der Waals surface area contributed by atoms with Gasteiger partial charge in [0, 0.05) is 23.3 Å². The van der Waals surface area contributed by atoms with Crippen LogP contribution in [0.4, 0.5) is 5.69 Å². The second kappa shape index (κ2) is 10.4. The number of amides is 3. The van der Waals surface area contributed by atoms with Crippen molar-refractivity contribution in [1.82, 2.24) is 9.80 Å². The van der Waals surface area contributed by atoms with E-state index in [0.717, 1.165) is 12.8 Å². The average molecular weight is 442 g/mol. The van der Waals surface area contributed by atoms with Gasteiger partial charge in [0.05, 0.1) is 6.54 Å². The Bertz CT molecular complexity index is 928. The third-order valence-corrected chi connectivity index (χ3v) is 5.67. The highest BCUT2D eigenvalue weighted by Crippen LogP contribution is 2.22. The smallest absolute Gasteiger partial charge is 0.254 e. The first-order valence-corrected chi connectivity index (χ1v) is 10.9. The number of carbonyl (C=O) groups excluding carboxylic acids is 3. The number of hydrogen-bond acceptors (Lipinski definition) is 3. The largest absolute Gasteiger partial charge is 0.332 e. The maximum absolute atomic E-state index is 12.7. The fourth-order valence-corrected chi connectivity index (χ4v) is 3.68. The number of likely N-dealkylation sites (N-methyl/N-ethyl adjacent to an activating group) is 1. The van der Waals surface area contributed by atoms with Gasteiger partial charge < -0.3 is 9.80 Å². The fraction of sp³-hybridized carbons (Fsp3) is 0.375. The van der Waals surface area contributed by atoms with Crippen LogP contribution in [-0.4, -0.2) is 54.3 Å². The molecule has 0 aromatic heterocycles. The van der Waals surface area contributed by atoms with Crippen LogP contribution in [0.15, 0.2) is 48.5 Å². The first-order valence-electron chi connectivity index (χ1n) is 10.6. The van der Waals surface area contributed by atoms with Crippen LogP contribution in [0, 0.1) is 0 Å². The van der Waals surface area contributed by atoms with Crippen LogP contribution in [0.25, 0.3) is 0 Å². The molecule has 0 radical (unpaired) electrons. The maximum Gasteiger partial charge on any atom is 0.254 e. The van der Waals surface area contributed by atoms with E-state index in [1.807, 2.05) is 24.3 Å². The number of anilines is 1. The second-order valence-corrected chi connectivity index (χ2v) is 8.28. The molecule has 2 aromatic rings. The number of carbonyl (C=O) groups is 3. The average Bonchev–Trinajstić information content (AvgIpc) is 3.16. The highest BCUT2D eigenvalue weighted by atomic mass is 35.5. The quantitative estimate of drug-likeness (QED) is 0.582. The molecule has 3 rings (SSSR count). The van der Waals surface area contributed by atoms with Crippen molar-refractivity contribution in [2.45, 2.75) is 32.6 Å². The zero-order chi connectivity index (χ0) is 22.4. The summed E-state index contributed by atoms with van der Waals surface area (Å²) in [6.45, 7) is 2.24. The molecule has 3 amide bonds. The Hall–Kier alpha value is -2.86. The Balaban J connectivity index is 1.55. The standard InChI is InChI=1S/C24H28ClN3O3/c1-3-4-5-6-18-7-9-19(10-8-18)24(31)26(2)15-22(29)27-16-23(30)28(17-27)21-13-11-20(25)12-14-21/h7-14H,3-6,15-17H2,1-2H3. The number of hydrogen-bond donors (Lipinski definition) is 0. The summed E-state index contributed by atoms with van der Waals surface area (Å²) in [5.74, 6) is -0.645. The molecule has 164 valence electrons. The predicted molar refractivity (Wildman–Crippen MR) is 122 cm³/mol. The Morgan fingerprint density at radius 1 is 1.03 bits per heavy atom. The van der Waals surface area contributed by atoms with E-state index < -0.39 is 0 Å². The first-order chi connectivity index (χ1) is 14.9. The lowest BCUT2D eigenvalue weighted by atomic mass is 10.0. The van der Waals surface area contributed by atoms with Gasteiger partial charge in [-0.05, 0) is 54.8 Å². The monoisotopic (exact) mass is 441 g/mol. The second-order valence-electron chi connectivity index (χ2n) is 7.85. The molecule has 0 N–H and O–H groups in total. The van der Waals surface area contributed by atoms with Crippen LogP contribution in [0.3, 0.4) is 0 Å². The molecule has 1 fully saturated rings. The molecule has 0 atom stereocenters. The van der Waals surface area contributed by atoms with Gasteiger partial charge in [-0.1, -0.05) is 43.5 Å². The molecule has 0 unspecified atom stereocenters. The van der Waals surface area contributed by atoms with Gasteiger partial charge in [-0.3, -0.25) is 19.3 Å². The van der Waals surface area contributed by atoms with Gasteiger partial charge in [-0.2, -0.15) is 0 Å². The van der Waals surface area contributed by atoms with Gasteiger partial charge in [0.15, 0.2) is 0 Å². The molecule has 2 aromatic carbocycles. The van der Waals surface area contributed by atoms with E-state index in [4.69, 9.17) is 11.6 Å². The summed E-state index contributed by atoms with van der Waals surface area (Å²) in [6.07, 6.45) is 4.51. The molecule has 1 heterocycles. The molecule has 1 aliphatic heterocycles. The molecule has 0 saturated carbocycles. The third kappa shape index (κ3) is 5.85. The summed E-state index contributed by atoms with van der Waals surface area (Å²) < 4.78 is 0. The van der Waals surface area contributed by atoms with Crippen molar-refractivity contribution in [2.75, 3.05) is 31.7 Å². The van der Waals surface area contributed by atoms with Crippen molar-refractivity contribution in [2.24, 2.45) is 0 Å². The van der Waals surface area contributed by atoms with Crippen LogP contribution < -0.4 is 4.90 Å². The van der Waals surface area contributed by atoms with E-state index in [1.165, 1.54) is 33.1 Å². The number of nitrogens with zero attached hydrogens (tertiary/aromatic N) is 3. The summed E-state index contributed by atoms with van der Waals surface area (Å²) in [5, 5.41) is 0.581. The summed E-state index contributed by atoms with van der Waals surface area (Å²) in [4.78, 5) is 42.2. The highest BCUT2D eigenvalue weighted by molar-refractivity contribution is 6.30. The van der Waals surface area contributed by atoms with Crippen LogP contribution in [-0.2, 0) is 16.0 Å². The van der Waals surface area contributed by atoms with E-state index >= 15 is 0 Å². The molecular formula is C24H28ClN3O3. The number of rotatable bonds is 8. The van der Waals surface area contributed by atoms with E-state index in [1.54, 1.807) is 31.3 Å². The van der Waals surface area contributed by atoms with Gasteiger partial charge >= 0.3 is 0 Å². The van der Waals surface area contributed by atoms with Gasteiger partial charge in [0.2, 0.25) is 11.8 Å². The Labute approximate surface area is 188 Å². The summed E-state index contributed by atoms with van der Waals surface area (Å²) >= 11 is 5.90. The zero-order valence-electron chi connectivity index (χ0n) is 18.0. The van der Waals surface area contributed by atoms with Crippen molar-refractivity contribution in [1.29, 1.82) is 0 Å². The molecule has 1 aliphatic rings. The Morgan fingerprint density at radius 2 is 1.71 bits per heavy atom. The molecule has 0 bridgehead atoms. The first kappa shape index (κ1) is 22.8. The lowest BCUT2D eigenvalue weighted by Crippen LogP contribution is -2.40. The van der Waals surface area contributed by atoms with Crippen molar-refractivity contribution >= 4 is 35.0 Å². The van der Waals surface area contributed by atoms with Crippen LogP contribution in [0.5, 0.6) is 0 Å². The minimum absolute atomic E-state index is 0.00402. The van der Waals surface area contributed by atoms with Crippen molar-refractivity contribution in [3.63, 3.8) is 0 Å². The molecule has 6 nitrogen and oxygen atoms in total. The molecule has 0 spiro atoms.